The van der Waals surface area contributed by atoms with Gasteiger partial charge in [0, 0.05) is 11.4 Å². The van der Waals surface area contributed by atoms with Crippen molar-refractivity contribution in [3.63, 3.8) is 0 Å². The van der Waals surface area contributed by atoms with Crippen LogP contribution in [0.5, 0.6) is 0 Å². The lowest BCUT2D eigenvalue weighted by Gasteiger charge is -2.30. The maximum atomic E-state index is 12.1. The molecule has 0 saturated carbocycles. The van der Waals surface area contributed by atoms with Crippen LogP contribution in [0.4, 0.5) is 4.79 Å². The van der Waals surface area contributed by atoms with Gasteiger partial charge in [0.15, 0.2) is 0 Å². The third kappa shape index (κ3) is 3.85. The monoisotopic (exact) mass is 308 g/mol. The number of hydrogen-bond donors (Lipinski definition) is 1. The molecular weight excluding hydrogens is 288 g/mol. The first-order valence-corrected chi connectivity index (χ1v) is 7.70. The van der Waals surface area contributed by atoms with E-state index in [1.54, 1.807) is 11.0 Å². The molecule has 114 valence electrons. The predicted molar refractivity (Wildman–Crippen MR) is 83.2 cm³/mol. The smallest absolute Gasteiger partial charge is 0.410 e. The standard InChI is InChI=1S/C15H20N2O3S/c1-15(2,3)20-14(19)17-7-4-5-10(9-17)12-11(13(16)18)6-8-21-12/h5-6,8H,4,7,9H2,1-3H3,(H2,16,18). The number of thiophene rings is 1. The highest BCUT2D eigenvalue weighted by Crippen LogP contribution is 2.29. The van der Waals surface area contributed by atoms with E-state index < -0.39 is 11.5 Å². The summed E-state index contributed by atoms with van der Waals surface area (Å²) in [7, 11) is 0. The van der Waals surface area contributed by atoms with Crippen LogP contribution in [-0.4, -0.2) is 35.6 Å². The summed E-state index contributed by atoms with van der Waals surface area (Å²) in [6, 6.07) is 1.72. The van der Waals surface area contributed by atoms with Crippen LogP contribution in [0.25, 0.3) is 5.57 Å². The summed E-state index contributed by atoms with van der Waals surface area (Å²) in [4.78, 5) is 26.1. The molecule has 1 aliphatic heterocycles. The molecular formula is C15H20N2O3S. The number of nitrogens with two attached hydrogens (primary N) is 1. The molecule has 2 rings (SSSR count). The molecule has 0 aliphatic carbocycles. The van der Waals surface area contributed by atoms with Gasteiger partial charge in [-0.1, -0.05) is 6.08 Å². The zero-order valence-electron chi connectivity index (χ0n) is 12.5. The lowest BCUT2D eigenvalue weighted by molar-refractivity contribution is 0.0273. The normalized spacial score (nSPS) is 15.6. The third-order valence-corrected chi connectivity index (χ3v) is 4.01. The van der Waals surface area contributed by atoms with Gasteiger partial charge in [-0.2, -0.15) is 0 Å². The lowest BCUT2D eigenvalue weighted by atomic mass is 10.1. The molecule has 0 spiro atoms. The summed E-state index contributed by atoms with van der Waals surface area (Å²) in [5.41, 5.74) is 6.33. The molecule has 0 atom stereocenters. The van der Waals surface area contributed by atoms with Crippen molar-refractivity contribution in [2.24, 2.45) is 5.73 Å². The molecule has 1 aromatic rings. The van der Waals surface area contributed by atoms with Crippen molar-refractivity contribution >= 4 is 28.9 Å². The fourth-order valence-corrected chi connectivity index (χ4v) is 3.08. The van der Waals surface area contributed by atoms with E-state index in [-0.39, 0.29) is 6.09 Å². The Morgan fingerprint density at radius 1 is 1.38 bits per heavy atom. The summed E-state index contributed by atoms with van der Waals surface area (Å²) < 4.78 is 5.39. The molecule has 2 N–H and O–H groups in total. The van der Waals surface area contributed by atoms with Gasteiger partial charge < -0.3 is 15.4 Å². The Morgan fingerprint density at radius 3 is 2.71 bits per heavy atom. The van der Waals surface area contributed by atoms with Gasteiger partial charge in [-0.3, -0.25) is 4.79 Å². The number of carbonyl (C=O) groups is 2. The van der Waals surface area contributed by atoms with Gasteiger partial charge in [0.25, 0.3) is 0 Å². The Bertz CT molecular complexity index is 584. The van der Waals surface area contributed by atoms with Gasteiger partial charge >= 0.3 is 6.09 Å². The Labute approximate surface area is 128 Å². The molecule has 0 aromatic carbocycles. The van der Waals surface area contributed by atoms with E-state index in [2.05, 4.69) is 6.08 Å². The molecule has 0 radical (unpaired) electrons. The molecule has 2 heterocycles. The number of nitrogens with zero attached hydrogens (tertiary/aromatic N) is 1. The molecule has 0 unspecified atom stereocenters. The zero-order chi connectivity index (χ0) is 15.6. The highest BCUT2D eigenvalue weighted by Gasteiger charge is 2.26. The Morgan fingerprint density at radius 2 is 2.10 bits per heavy atom. The minimum absolute atomic E-state index is 0.328. The van der Waals surface area contributed by atoms with Crippen LogP contribution in [-0.2, 0) is 4.74 Å². The molecule has 0 saturated heterocycles. The van der Waals surface area contributed by atoms with Gasteiger partial charge in [0.2, 0.25) is 5.91 Å². The fourth-order valence-electron chi connectivity index (χ4n) is 2.14. The minimum atomic E-state index is -0.514. The second-order valence-electron chi connectivity index (χ2n) is 5.95. The van der Waals surface area contributed by atoms with E-state index in [4.69, 9.17) is 10.5 Å². The van der Waals surface area contributed by atoms with Crippen LogP contribution in [0.3, 0.4) is 0 Å². The van der Waals surface area contributed by atoms with Gasteiger partial charge in [-0.05, 0) is 44.2 Å². The second-order valence-corrected chi connectivity index (χ2v) is 6.86. The fraction of sp³-hybridized carbons (Fsp3) is 0.467. The molecule has 0 fully saturated rings. The van der Waals surface area contributed by atoms with E-state index in [0.29, 0.717) is 18.7 Å². The van der Waals surface area contributed by atoms with Crippen LogP contribution in [0, 0.1) is 0 Å². The number of carbonyl (C=O) groups excluding carboxylic acids is 2. The van der Waals surface area contributed by atoms with Crippen molar-refractivity contribution < 1.29 is 14.3 Å². The van der Waals surface area contributed by atoms with Crippen LogP contribution in [0.1, 0.15) is 42.4 Å². The van der Waals surface area contributed by atoms with E-state index >= 15 is 0 Å². The first-order chi connectivity index (χ1) is 9.78. The Hall–Kier alpha value is -1.82. The molecule has 5 nitrogen and oxygen atoms in total. The van der Waals surface area contributed by atoms with E-state index in [9.17, 15) is 9.59 Å². The number of amides is 2. The van der Waals surface area contributed by atoms with Crippen LogP contribution in [0.2, 0.25) is 0 Å². The van der Waals surface area contributed by atoms with E-state index in [1.807, 2.05) is 26.2 Å². The number of ether oxygens (including phenoxy) is 1. The molecule has 0 bridgehead atoms. The number of hydrogen-bond acceptors (Lipinski definition) is 4. The summed E-state index contributed by atoms with van der Waals surface area (Å²) in [6.45, 7) is 6.59. The molecule has 6 heteroatoms. The molecule has 1 aromatic heterocycles. The topological polar surface area (TPSA) is 72.6 Å². The van der Waals surface area contributed by atoms with Gasteiger partial charge in [0.05, 0.1) is 12.1 Å². The molecule has 1 aliphatic rings. The summed E-state index contributed by atoms with van der Waals surface area (Å²) >= 11 is 1.46. The van der Waals surface area contributed by atoms with Gasteiger partial charge in [0.1, 0.15) is 5.60 Å². The summed E-state index contributed by atoms with van der Waals surface area (Å²) in [6.07, 6.45) is 2.47. The summed E-state index contributed by atoms with van der Waals surface area (Å²) in [5.74, 6) is -0.443. The maximum absolute atomic E-state index is 12.1. The summed E-state index contributed by atoms with van der Waals surface area (Å²) in [5, 5.41) is 1.84. The van der Waals surface area contributed by atoms with Crippen LogP contribution >= 0.6 is 11.3 Å². The second kappa shape index (κ2) is 5.89. The van der Waals surface area contributed by atoms with Crippen molar-refractivity contribution in [3.05, 3.63) is 28.0 Å². The van der Waals surface area contributed by atoms with Gasteiger partial charge in [-0.25, -0.2) is 4.79 Å². The van der Waals surface area contributed by atoms with Crippen LogP contribution in [0.15, 0.2) is 17.5 Å². The first kappa shape index (κ1) is 15.6. The van der Waals surface area contributed by atoms with Crippen molar-refractivity contribution in [3.8, 4) is 0 Å². The van der Waals surface area contributed by atoms with E-state index in [0.717, 1.165) is 16.9 Å². The third-order valence-electron chi connectivity index (χ3n) is 3.02. The quantitative estimate of drug-likeness (QED) is 0.913. The molecule has 2 amide bonds. The molecule has 21 heavy (non-hydrogen) atoms. The Kier molecular flexibility index (Phi) is 4.37. The number of rotatable bonds is 2. The van der Waals surface area contributed by atoms with Crippen molar-refractivity contribution in [2.45, 2.75) is 32.8 Å². The largest absolute Gasteiger partial charge is 0.444 e. The minimum Gasteiger partial charge on any atom is -0.444 e. The predicted octanol–water partition coefficient (Wildman–Crippen LogP) is 2.87. The highest BCUT2D eigenvalue weighted by molar-refractivity contribution is 7.11. The highest BCUT2D eigenvalue weighted by atomic mass is 32.1. The van der Waals surface area contributed by atoms with Crippen LogP contribution < -0.4 is 5.73 Å². The average molecular weight is 308 g/mol. The zero-order valence-corrected chi connectivity index (χ0v) is 13.3. The van der Waals surface area contributed by atoms with Crippen molar-refractivity contribution in [1.82, 2.24) is 4.90 Å². The lowest BCUT2D eigenvalue weighted by Crippen LogP contribution is -2.39. The average Bonchev–Trinajstić information content (AvgIpc) is 2.86. The van der Waals surface area contributed by atoms with E-state index in [1.165, 1.54) is 11.3 Å². The first-order valence-electron chi connectivity index (χ1n) is 6.82. The van der Waals surface area contributed by atoms with Crippen molar-refractivity contribution in [1.29, 1.82) is 0 Å². The van der Waals surface area contributed by atoms with Gasteiger partial charge in [-0.15, -0.1) is 11.3 Å². The maximum Gasteiger partial charge on any atom is 0.410 e. The SMILES string of the molecule is CC(C)(C)OC(=O)N1CCC=C(c2sccc2C(N)=O)C1. The van der Waals surface area contributed by atoms with Crippen molar-refractivity contribution in [2.75, 3.05) is 13.1 Å². The Balaban J connectivity index is 2.14. The number of primary amides is 1.